The zero-order valence-electron chi connectivity index (χ0n) is 7.21. The minimum atomic E-state index is -4.40. The molecule has 0 rings (SSSR count). The molecule has 0 aliphatic carbocycles. The van der Waals surface area contributed by atoms with Crippen LogP contribution in [0.5, 0.6) is 0 Å². The van der Waals surface area contributed by atoms with Crippen molar-refractivity contribution in [1.82, 2.24) is 0 Å². The lowest BCUT2D eigenvalue weighted by atomic mass is 10.1. The van der Waals surface area contributed by atoms with E-state index in [2.05, 4.69) is 4.52 Å². The van der Waals surface area contributed by atoms with Gasteiger partial charge in [0, 0.05) is 6.42 Å². The summed E-state index contributed by atoms with van der Waals surface area (Å²) < 4.78 is 14.3. The normalized spacial score (nSPS) is 14.1. The van der Waals surface area contributed by atoms with E-state index in [1.165, 1.54) is 0 Å². The van der Waals surface area contributed by atoms with Gasteiger partial charge in [0.05, 0.1) is 6.61 Å². The molecular weight excluding hydrogens is 199 g/mol. The second-order valence-electron chi connectivity index (χ2n) is 2.82. The highest BCUT2D eigenvalue weighted by Crippen LogP contribution is 2.36. The number of carbonyl (C=O) groups is 1. The van der Waals surface area contributed by atoms with Crippen LogP contribution >= 0.6 is 7.82 Å². The Morgan fingerprint density at radius 2 is 2.08 bits per heavy atom. The molecule has 0 aliphatic heterocycles. The van der Waals surface area contributed by atoms with Crippen LogP contribution in [0, 0.1) is 5.92 Å². The zero-order chi connectivity index (χ0) is 10.5. The first-order valence-electron chi connectivity index (χ1n) is 3.73. The van der Waals surface area contributed by atoms with Crippen molar-refractivity contribution in [3.63, 3.8) is 0 Å². The average Bonchev–Trinajstić information content (AvgIpc) is 1.81. The zero-order valence-corrected chi connectivity index (χ0v) is 8.11. The average molecular weight is 212 g/mol. The van der Waals surface area contributed by atoms with E-state index in [4.69, 9.17) is 14.9 Å². The van der Waals surface area contributed by atoms with Gasteiger partial charge < -0.3 is 14.9 Å². The second-order valence-corrected chi connectivity index (χ2v) is 4.05. The molecule has 0 bridgehead atoms. The lowest BCUT2D eigenvalue weighted by Crippen LogP contribution is -2.06. The highest BCUT2D eigenvalue weighted by atomic mass is 31.2. The standard InChI is InChI=1S/C6H13O6P/c1-5(4-6(7)8)2-3-12-13(9,10)11/h5H,2-4H2,1H3,(H,7,8)(H2,9,10,11)/t5-/m0/s1. The Bertz CT molecular complexity index is 209. The first-order valence-corrected chi connectivity index (χ1v) is 5.26. The van der Waals surface area contributed by atoms with Crippen LogP contribution in [0.25, 0.3) is 0 Å². The van der Waals surface area contributed by atoms with Crippen molar-refractivity contribution in [2.45, 2.75) is 19.8 Å². The van der Waals surface area contributed by atoms with Crippen molar-refractivity contribution in [2.75, 3.05) is 6.61 Å². The molecule has 0 aromatic carbocycles. The molecule has 3 N–H and O–H groups in total. The molecule has 0 aliphatic rings. The molecule has 78 valence electrons. The molecule has 0 aromatic heterocycles. The van der Waals surface area contributed by atoms with E-state index in [0.29, 0.717) is 6.42 Å². The van der Waals surface area contributed by atoms with E-state index in [1.807, 2.05) is 0 Å². The van der Waals surface area contributed by atoms with Gasteiger partial charge in [0.25, 0.3) is 0 Å². The number of hydrogen-bond acceptors (Lipinski definition) is 3. The number of carboxylic acids is 1. The maximum absolute atomic E-state index is 10.2. The van der Waals surface area contributed by atoms with Gasteiger partial charge in [0.2, 0.25) is 0 Å². The Labute approximate surface area is 75.8 Å². The molecule has 0 saturated heterocycles. The lowest BCUT2D eigenvalue weighted by molar-refractivity contribution is -0.138. The number of phosphoric ester groups is 1. The maximum Gasteiger partial charge on any atom is 0.469 e. The van der Waals surface area contributed by atoms with Crippen LogP contribution in [-0.2, 0) is 13.9 Å². The smallest absolute Gasteiger partial charge is 0.469 e. The number of hydrogen-bond donors (Lipinski definition) is 3. The minimum Gasteiger partial charge on any atom is -0.481 e. The van der Waals surface area contributed by atoms with Crippen LogP contribution in [0.15, 0.2) is 0 Å². The summed E-state index contributed by atoms with van der Waals surface area (Å²) in [5.41, 5.74) is 0. The summed E-state index contributed by atoms with van der Waals surface area (Å²) in [4.78, 5) is 26.7. The van der Waals surface area contributed by atoms with E-state index in [1.54, 1.807) is 6.92 Å². The van der Waals surface area contributed by atoms with Crippen molar-refractivity contribution < 1.29 is 28.8 Å². The first kappa shape index (κ1) is 12.6. The van der Waals surface area contributed by atoms with Crippen LogP contribution in [0.3, 0.4) is 0 Å². The summed E-state index contributed by atoms with van der Waals surface area (Å²) in [5, 5.41) is 8.35. The molecule has 6 nitrogen and oxygen atoms in total. The monoisotopic (exact) mass is 212 g/mol. The first-order chi connectivity index (χ1) is 5.81. The summed E-state index contributed by atoms with van der Waals surface area (Å²) in [6.07, 6.45) is 0.294. The SMILES string of the molecule is C[C@@H](CCOP(=O)(O)O)CC(=O)O. The summed E-state index contributed by atoms with van der Waals surface area (Å²) in [6, 6.07) is 0. The molecule has 0 heterocycles. The largest absolute Gasteiger partial charge is 0.481 e. The summed E-state index contributed by atoms with van der Waals surface area (Å²) in [5.74, 6) is -1.08. The van der Waals surface area contributed by atoms with E-state index in [-0.39, 0.29) is 18.9 Å². The lowest BCUT2D eigenvalue weighted by Gasteiger charge is -2.09. The van der Waals surface area contributed by atoms with Crippen molar-refractivity contribution in [3.05, 3.63) is 0 Å². The van der Waals surface area contributed by atoms with Crippen molar-refractivity contribution in [1.29, 1.82) is 0 Å². The molecule has 0 unspecified atom stereocenters. The molecule has 0 radical (unpaired) electrons. The fourth-order valence-corrected chi connectivity index (χ4v) is 1.12. The van der Waals surface area contributed by atoms with Crippen LogP contribution < -0.4 is 0 Å². The van der Waals surface area contributed by atoms with Crippen LogP contribution in [0.2, 0.25) is 0 Å². The van der Waals surface area contributed by atoms with Gasteiger partial charge in [-0.05, 0) is 12.3 Å². The van der Waals surface area contributed by atoms with Crippen molar-refractivity contribution in [2.24, 2.45) is 5.92 Å². The Balaban J connectivity index is 3.54. The van der Waals surface area contributed by atoms with E-state index in [9.17, 15) is 9.36 Å². The molecule has 13 heavy (non-hydrogen) atoms. The highest BCUT2D eigenvalue weighted by molar-refractivity contribution is 7.46. The Morgan fingerprint density at radius 3 is 2.46 bits per heavy atom. The van der Waals surface area contributed by atoms with Gasteiger partial charge in [-0.1, -0.05) is 6.92 Å². The topological polar surface area (TPSA) is 104 Å². The van der Waals surface area contributed by atoms with E-state index >= 15 is 0 Å². The van der Waals surface area contributed by atoms with E-state index < -0.39 is 13.8 Å². The summed E-state index contributed by atoms with van der Waals surface area (Å²) in [7, 11) is -4.40. The molecule has 0 fully saturated rings. The number of rotatable bonds is 6. The molecule has 1 atom stereocenters. The third-order valence-electron chi connectivity index (χ3n) is 1.39. The number of phosphoric acid groups is 1. The van der Waals surface area contributed by atoms with E-state index in [0.717, 1.165) is 0 Å². The fourth-order valence-electron chi connectivity index (χ4n) is 0.773. The molecule has 0 spiro atoms. The van der Waals surface area contributed by atoms with Gasteiger partial charge in [-0.3, -0.25) is 9.32 Å². The molecule has 0 amide bonds. The predicted molar refractivity (Wildman–Crippen MR) is 44.0 cm³/mol. The van der Waals surface area contributed by atoms with Crippen molar-refractivity contribution >= 4 is 13.8 Å². The molecule has 0 aromatic rings. The fraction of sp³-hybridized carbons (Fsp3) is 0.833. The highest BCUT2D eigenvalue weighted by Gasteiger charge is 2.14. The molecule has 0 saturated carbocycles. The third-order valence-corrected chi connectivity index (χ3v) is 1.91. The van der Waals surface area contributed by atoms with Crippen LogP contribution in [0.1, 0.15) is 19.8 Å². The Kier molecular flexibility index (Phi) is 5.17. The van der Waals surface area contributed by atoms with Gasteiger partial charge >= 0.3 is 13.8 Å². The minimum absolute atomic E-state index is 0.0233. The number of aliphatic carboxylic acids is 1. The predicted octanol–water partition coefficient (Wildman–Crippen LogP) is 0.597. The van der Waals surface area contributed by atoms with Crippen molar-refractivity contribution in [3.8, 4) is 0 Å². The van der Waals surface area contributed by atoms with Crippen LogP contribution in [-0.4, -0.2) is 27.5 Å². The summed E-state index contributed by atoms with van der Waals surface area (Å²) in [6.45, 7) is 1.55. The summed E-state index contributed by atoms with van der Waals surface area (Å²) >= 11 is 0. The Hall–Kier alpha value is -0.420. The second kappa shape index (κ2) is 5.34. The van der Waals surface area contributed by atoms with Gasteiger partial charge in [0.1, 0.15) is 0 Å². The van der Waals surface area contributed by atoms with Gasteiger partial charge in [-0.2, -0.15) is 0 Å². The number of carboxylic acid groups (broad SMARTS) is 1. The maximum atomic E-state index is 10.2. The van der Waals surface area contributed by atoms with Gasteiger partial charge in [0.15, 0.2) is 0 Å². The Morgan fingerprint density at radius 1 is 1.54 bits per heavy atom. The molecule has 7 heteroatoms. The quantitative estimate of drug-likeness (QED) is 0.557. The third kappa shape index (κ3) is 9.49. The van der Waals surface area contributed by atoms with Gasteiger partial charge in [-0.15, -0.1) is 0 Å². The molecular formula is C6H13O6P. The van der Waals surface area contributed by atoms with Gasteiger partial charge in [-0.25, -0.2) is 4.57 Å². The van der Waals surface area contributed by atoms with Crippen LogP contribution in [0.4, 0.5) is 0 Å².